The van der Waals surface area contributed by atoms with Crippen LogP contribution in [0.3, 0.4) is 0 Å². The maximum atomic E-state index is 14.3. The number of rotatable bonds is 3. The molecule has 4 aromatic carbocycles. The highest BCUT2D eigenvalue weighted by Gasteiger charge is 2.60. The van der Waals surface area contributed by atoms with Crippen molar-refractivity contribution in [3.63, 3.8) is 0 Å². The van der Waals surface area contributed by atoms with E-state index in [-0.39, 0.29) is 11.8 Å². The molecule has 0 aromatic heterocycles. The Bertz CT molecular complexity index is 1770. The van der Waals surface area contributed by atoms with Gasteiger partial charge in [-0.3, -0.25) is 14.4 Å². The van der Waals surface area contributed by atoms with Crippen LogP contribution >= 0.6 is 0 Å². The number of benzene rings is 4. The third-order valence-corrected chi connectivity index (χ3v) is 8.59. The van der Waals surface area contributed by atoms with Crippen LogP contribution in [0.4, 0.5) is 5.69 Å². The van der Waals surface area contributed by atoms with Crippen molar-refractivity contribution in [3.05, 3.63) is 107 Å². The van der Waals surface area contributed by atoms with Crippen molar-refractivity contribution < 1.29 is 23.9 Å². The van der Waals surface area contributed by atoms with E-state index >= 15 is 0 Å². The minimum atomic E-state index is -0.883. The number of carbonyl (C=O) groups is 3. The van der Waals surface area contributed by atoms with E-state index in [2.05, 4.69) is 0 Å². The number of hydrogen-bond donors (Lipinski definition) is 0. The van der Waals surface area contributed by atoms with Crippen LogP contribution in [0.2, 0.25) is 0 Å². The van der Waals surface area contributed by atoms with Crippen LogP contribution in [0.1, 0.15) is 28.2 Å². The summed E-state index contributed by atoms with van der Waals surface area (Å²) in [6, 6.07) is 25.0. The zero-order chi connectivity index (χ0) is 27.7. The van der Waals surface area contributed by atoms with Crippen molar-refractivity contribution in [2.24, 2.45) is 17.8 Å². The third-order valence-electron chi connectivity index (χ3n) is 8.59. The van der Waals surface area contributed by atoms with Gasteiger partial charge in [-0.05, 0) is 59.7 Å². The van der Waals surface area contributed by atoms with Gasteiger partial charge >= 0.3 is 5.97 Å². The fraction of sp³-hybridized carbons (Fsp3) is 0.206. The molecule has 0 unspecified atom stereocenters. The molecule has 0 N–H and O–H groups in total. The Hall–Kier alpha value is -4.71. The van der Waals surface area contributed by atoms with Crippen molar-refractivity contribution in [1.29, 1.82) is 0 Å². The van der Waals surface area contributed by atoms with Crippen LogP contribution in [-0.4, -0.2) is 24.9 Å². The SMILES string of the molecule is COc1ccc([C@@H]2C=C3c4ccc5ccccc5c4OC(=O)[C@@H]3[C@@H]3C(=O)N(c4cc(C)ccc4C)C(=O)[C@@H]32)cc1. The lowest BCUT2D eigenvalue weighted by Crippen LogP contribution is -2.42. The minimum absolute atomic E-state index is 0.295. The smallest absolute Gasteiger partial charge is 0.319 e. The Balaban J connectivity index is 1.45. The zero-order valence-corrected chi connectivity index (χ0v) is 22.4. The number of hydrogen-bond acceptors (Lipinski definition) is 5. The Morgan fingerprint density at radius 3 is 2.35 bits per heavy atom. The lowest BCUT2D eigenvalue weighted by atomic mass is 9.64. The molecular weight excluding hydrogens is 502 g/mol. The molecule has 0 bridgehead atoms. The average molecular weight is 530 g/mol. The largest absolute Gasteiger partial charge is 0.497 e. The quantitative estimate of drug-likeness (QED) is 0.185. The lowest BCUT2D eigenvalue weighted by molar-refractivity contribution is -0.142. The summed E-state index contributed by atoms with van der Waals surface area (Å²) >= 11 is 0. The number of aryl methyl sites for hydroxylation is 2. The van der Waals surface area contributed by atoms with Gasteiger partial charge in [0.15, 0.2) is 0 Å². The van der Waals surface area contributed by atoms with Crippen molar-refractivity contribution in [2.45, 2.75) is 19.8 Å². The number of fused-ring (bicyclic) bond motifs is 7. The molecular formula is C34H27NO5. The van der Waals surface area contributed by atoms with E-state index in [1.54, 1.807) is 7.11 Å². The molecule has 4 aromatic rings. The van der Waals surface area contributed by atoms with Crippen molar-refractivity contribution in [1.82, 2.24) is 0 Å². The highest BCUT2D eigenvalue weighted by atomic mass is 16.5. The molecule has 4 atom stereocenters. The number of nitrogens with zero attached hydrogens (tertiary/aromatic N) is 1. The maximum Gasteiger partial charge on any atom is 0.319 e. The topological polar surface area (TPSA) is 72.9 Å². The molecule has 0 spiro atoms. The maximum absolute atomic E-state index is 14.3. The van der Waals surface area contributed by atoms with Crippen molar-refractivity contribution >= 4 is 39.8 Å². The summed E-state index contributed by atoms with van der Waals surface area (Å²) in [4.78, 5) is 43.5. The van der Waals surface area contributed by atoms with Gasteiger partial charge in [0.1, 0.15) is 11.5 Å². The van der Waals surface area contributed by atoms with Gasteiger partial charge in [-0.15, -0.1) is 0 Å². The summed E-state index contributed by atoms with van der Waals surface area (Å²) < 4.78 is 11.3. The second-order valence-corrected chi connectivity index (χ2v) is 10.8. The molecule has 1 fully saturated rings. The van der Waals surface area contributed by atoms with Crippen LogP contribution < -0.4 is 14.4 Å². The number of anilines is 1. The first kappa shape index (κ1) is 24.3. The zero-order valence-electron chi connectivity index (χ0n) is 22.4. The van der Waals surface area contributed by atoms with Crippen molar-refractivity contribution in [3.8, 4) is 11.5 Å². The number of ether oxygens (including phenoxy) is 2. The molecule has 2 aliphatic heterocycles. The van der Waals surface area contributed by atoms with E-state index in [0.717, 1.165) is 38.6 Å². The summed E-state index contributed by atoms with van der Waals surface area (Å²) in [6.45, 7) is 3.82. The van der Waals surface area contributed by atoms with Gasteiger partial charge < -0.3 is 9.47 Å². The van der Waals surface area contributed by atoms with Crippen molar-refractivity contribution in [2.75, 3.05) is 12.0 Å². The fourth-order valence-corrected chi connectivity index (χ4v) is 6.64. The van der Waals surface area contributed by atoms with Gasteiger partial charge in [-0.1, -0.05) is 66.7 Å². The Morgan fingerprint density at radius 2 is 1.57 bits per heavy atom. The summed E-state index contributed by atoms with van der Waals surface area (Å²) in [5.74, 6) is -2.88. The highest BCUT2D eigenvalue weighted by Crippen LogP contribution is 2.55. The highest BCUT2D eigenvalue weighted by molar-refractivity contribution is 6.25. The standard InChI is InChI=1S/C34H27NO5/c1-18-8-9-19(2)27(16-18)35-32(36)28-25(21-10-13-22(39-3)14-11-21)17-26-24-15-12-20-6-4-5-7-23(20)31(24)40-34(38)29(26)30(28)33(35)37/h4-17,25,28-30H,1-3H3/t25-,28+,29-,30+/m0/s1. The second kappa shape index (κ2) is 8.91. The first-order valence-corrected chi connectivity index (χ1v) is 13.4. The first-order valence-electron chi connectivity index (χ1n) is 13.4. The number of allylic oxidation sites excluding steroid dienone is 1. The summed E-state index contributed by atoms with van der Waals surface area (Å²) in [6.07, 6.45) is 2.01. The molecule has 0 saturated carbocycles. The summed E-state index contributed by atoms with van der Waals surface area (Å²) in [5.41, 5.74) is 4.73. The second-order valence-electron chi connectivity index (χ2n) is 10.8. The van der Waals surface area contributed by atoms with Gasteiger partial charge in [0, 0.05) is 16.9 Å². The van der Waals surface area contributed by atoms with Gasteiger partial charge in [-0.2, -0.15) is 0 Å². The lowest BCUT2D eigenvalue weighted by Gasteiger charge is -2.38. The molecule has 2 heterocycles. The van der Waals surface area contributed by atoms with E-state index in [1.807, 2.05) is 98.8 Å². The predicted molar refractivity (Wildman–Crippen MR) is 152 cm³/mol. The average Bonchev–Trinajstić information content (AvgIpc) is 3.23. The number of methoxy groups -OCH3 is 1. The molecule has 3 aliphatic rings. The van der Waals surface area contributed by atoms with E-state index < -0.39 is 29.6 Å². The van der Waals surface area contributed by atoms with E-state index in [9.17, 15) is 14.4 Å². The van der Waals surface area contributed by atoms with E-state index in [4.69, 9.17) is 9.47 Å². The van der Waals surface area contributed by atoms with E-state index in [0.29, 0.717) is 17.2 Å². The van der Waals surface area contributed by atoms with Crippen LogP contribution in [0.25, 0.3) is 16.3 Å². The minimum Gasteiger partial charge on any atom is -0.497 e. The van der Waals surface area contributed by atoms with Gasteiger partial charge in [0.25, 0.3) is 0 Å². The first-order chi connectivity index (χ1) is 19.4. The number of esters is 1. The molecule has 2 amide bonds. The van der Waals surface area contributed by atoms with Gasteiger partial charge in [-0.25, -0.2) is 4.90 Å². The van der Waals surface area contributed by atoms with Gasteiger partial charge in [0.05, 0.1) is 30.6 Å². The van der Waals surface area contributed by atoms with E-state index in [1.165, 1.54) is 4.90 Å². The molecule has 6 heteroatoms. The molecule has 6 nitrogen and oxygen atoms in total. The number of amides is 2. The third kappa shape index (κ3) is 3.45. The van der Waals surface area contributed by atoms with Crippen LogP contribution in [0.15, 0.2) is 84.9 Å². The Kier molecular flexibility index (Phi) is 5.42. The Morgan fingerprint density at radius 1 is 0.825 bits per heavy atom. The van der Waals surface area contributed by atoms with Crippen LogP contribution in [0.5, 0.6) is 11.5 Å². The number of carbonyl (C=O) groups excluding carboxylic acids is 3. The summed E-state index contributed by atoms with van der Waals surface area (Å²) in [5, 5.41) is 1.79. The molecule has 7 rings (SSSR count). The van der Waals surface area contributed by atoms with Crippen LogP contribution in [-0.2, 0) is 14.4 Å². The molecule has 40 heavy (non-hydrogen) atoms. The normalized spacial score (nSPS) is 23.3. The molecule has 1 aliphatic carbocycles. The molecule has 198 valence electrons. The Labute approximate surface area is 231 Å². The van der Waals surface area contributed by atoms with Gasteiger partial charge in [0.2, 0.25) is 11.8 Å². The summed E-state index contributed by atoms with van der Waals surface area (Å²) in [7, 11) is 1.61. The monoisotopic (exact) mass is 529 g/mol. The fourth-order valence-electron chi connectivity index (χ4n) is 6.64. The molecule has 0 radical (unpaired) electrons. The number of imide groups is 1. The predicted octanol–water partition coefficient (Wildman–Crippen LogP) is 5.99. The molecule has 1 saturated heterocycles. The van der Waals surface area contributed by atoms with Crippen LogP contribution in [0, 0.1) is 31.6 Å².